The van der Waals surface area contributed by atoms with Crippen LogP contribution in [0.15, 0.2) is 41.2 Å². The Hall–Kier alpha value is -2.96. The van der Waals surface area contributed by atoms with E-state index in [-0.39, 0.29) is 0 Å². The molecule has 1 fully saturated rings. The van der Waals surface area contributed by atoms with Crippen LogP contribution in [0.25, 0.3) is 11.3 Å². The Balaban J connectivity index is 1.51. The smallest absolute Gasteiger partial charge is 0.227 e. The van der Waals surface area contributed by atoms with Crippen LogP contribution < -0.4 is 9.80 Å². The van der Waals surface area contributed by atoms with E-state index in [0.717, 1.165) is 47.6 Å². The maximum atomic E-state index is 5.50. The van der Waals surface area contributed by atoms with E-state index in [9.17, 15) is 0 Å². The van der Waals surface area contributed by atoms with Gasteiger partial charge in [0.15, 0.2) is 5.76 Å². The van der Waals surface area contributed by atoms with Crippen LogP contribution in [0.1, 0.15) is 24.3 Å². The van der Waals surface area contributed by atoms with Gasteiger partial charge in [-0.3, -0.25) is 4.98 Å². The van der Waals surface area contributed by atoms with Gasteiger partial charge in [0.1, 0.15) is 11.5 Å². The molecule has 0 spiro atoms. The SMILES string of the molecule is Cc1cc(N(C)Cc2cc(-c3cccnc3)no2)nc(N2CCCC2)n1. The summed E-state index contributed by atoms with van der Waals surface area (Å²) in [6.45, 7) is 4.66. The highest BCUT2D eigenvalue weighted by atomic mass is 16.5. The maximum Gasteiger partial charge on any atom is 0.227 e. The zero-order valence-electron chi connectivity index (χ0n) is 15.1. The third-order valence-electron chi connectivity index (χ3n) is 4.52. The normalized spacial score (nSPS) is 14.0. The minimum atomic E-state index is 0.586. The van der Waals surface area contributed by atoms with Crippen molar-refractivity contribution < 1.29 is 4.52 Å². The number of pyridine rings is 1. The molecular formula is C19H22N6O. The first kappa shape index (κ1) is 16.5. The highest BCUT2D eigenvalue weighted by Crippen LogP contribution is 2.23. The van der Waals surface area contributed by atoms with E-state index >= 15 is 0 Å². The minimum Gasteiger partial charge on any atom is -0.359 e. The molecule has 7 heteroatoms. The molecule has 0 N–H and O–H groups in total. The van der Waals surface area contributed by atoms with Gasteiger partial charge < -0.3 is 14.3 Å². The Morgan fingerprint density at radius 3 is 2.81 bits per heavy atom. The van der Waals surface area contributed by atoms with Crippen LogP contribution in [-0.4, -0.2) is 40.2 Å². The Morgan fingerprint density at radius 1 is 1.19 bits per heavy atom. The van der Waals surface area contributed by atoms with Gasteiger partial charge in [-0.15, -0.1) is 0 Å². The molecule has 0 radical (unpaired) electrons. The molecule has 7 nitrogen and oxygen atoms in total. The second-order valence-electron chi connectivity index (χ2n) is 6.64. The van der Waals surface area contributed by atoms with E-state index in [2.05, 4.69) is 24.9 Å². The molecule has 3 aromatic rings. The van der Waals surface area contributed by atoms with Crippen LogP contribution in [0.3, 0.4) is 0 Å². The number of nitrogens with zero attached hydrogens (tertiary/aromatic N) is 6. The lowest BCUT2D eigenvalue weighted by Crippen LogP contribution is -2.23. The van der Waals surface area contributed by atoms with E-state index in [0.29, 0.717) is 6.54 Å². The largest absolute Gasteiger partial charge is 0.359 e. The van der Waals surface area contributed by atoms with Crippen molar-refractivity contribution in [3.8, 4) is 11.3 Å². The van der Waals surface area contributed by atoms with E-state index in [1.807, 2.05) is 38.2 Å². The second kappa shape index (κ2) is 7.11. The number of aromatic nitrogens is 4. The van der Waals surface area contributed by atoms with Gasteiger partial charge >= 0.3 is 0 Å². The van der Waals surface area contributed by atoms with E-state index in [1.165, 1.54) is 12.8 Å². The van der Waals surface area contributed by atoms with Gasteiger partial charge in [0.2, 0.25) is 5.95 Å². The fourth-order valence-electron chi connectivity index (χ4n) is 3.14. The van der Waals surface area contributed by atoms with Crippen molar-refractivity contribution >= 4 is 11.8 Å². The Bertz CT molecular complexity index is 873. The van der Waals surface area contributed by atoms with Crippen molar-refractivity contribution in [1.29, 1.82) is 0 Å². The lowest BCUT2D eigenvalue weighted by molar-refractivity contribution is 0.384. The van der Waals surface area contributed by atoms with Crippen molar-refractivity contribution in [2.24, 2.45) is 0 Å². The summed E-state index contributed by atoms with van der Waals surface area (Å²) in [5.74, 6) is 2.49. The summed E-state index contributed by atoms with van der Waals surface area (Å²) in [4.78, 5) is 17.8. The molecule has 26 heavy (non-hydrogen) atoms. The Labute approximate surface area is 152 Å². The molecular weight excluding hydrogens is 328 g/mol. The van der Waals surface area contributed by atoms with Gasteiger partial charge in [0.05, 0.1) is 6.54 Å². The summed E-state index contributed by atoms with van der Waals surface area (Å²) < 4.78 is 5.50. The topological polar surface area (TPSA) is 71.2 Å². The average Bonchev–Trinajstić information content (AvgIpc) is 3.34. The number of rotatable bonds is 5. The molecule has 3 aromatic heterocycles. The van der Waals surface area contributed by atoms with Crippen LogP contribution in [0.2, 0.25) is 0 Å². The van der Waals surface area contributed by atoms with Gasteiger partial charge in [-0.05, 0) is 31.9 Å². The van der Waals surface area contributed by atoms with E-state index in [1.54, 1.807) is 12.4 Å². The van der Waals surface area contributed by atoms with Gasteiger partial charge in [-0.25, -0.2) is 4.98 Å². The number of anilines is 2. The number of aryl methyl sites for hydroxylation is 1. The summed E-state index contributed by atoms with van der Waals surface area (Å²) in [5.41, 5.74) is 2.70. The zero-order chi connectivity index (χ0) is 17.9. The molecule has 0 saturated carbocycles. The summed E-state index contributed by atoms with van der Waals surface area (Å²) in [6.07, 6.45) is 5.93. The van der Waals surface area contributed by atoms with Crippen LogP contribution in [0.5, 0.6) is 0 Å². The van der Waals surface area contributed by atoms with Gasteiger partial charge in [0, 0.05) is 55.9 Å². The first-order valence-corrected chi connectivity index (χ1v) is 8.87. The summed E-state index contributed by atoms with van der Waals surface area (Å²) >= 11 is 0. The van der Waals surface area contributed by atoms with Crippen LogP contribution in [0.4, 0.5) is 11.8 Å². The minimum absolute atomic E-state index is 0.586. The van der Waals surface area contributed by atoms with Crippen molar-refractivity contribution in [2.45, 2.75) is 26.3 Å². The quantitative estimate of drug-likeness (QED) is 0.700. The monoisotopic (exact) mass is 350 g/mol. The third-order valence-corrected chi connectivity index (χ3v) is 4.52. The zero-order valence-corrected chi connectivity index (χ0v) is 15.1. The van der Waals surface area contributed by atoms with E-state index in [4.69, 9.17) is 9.51 Å². The molecule has 1 saturated heterocycles. The first-order valence-electron chi connectivity index (χ1n) is 8.87. The van der Waals surface area contributed by atoms with Crippen molar-refractivity contribution in [3.63, 3.8) is 0 Å². The Morgan fingerprint density at radius 2 is 2.04 bits per heavy atom. The molecule has 0 aromatic carbocycles. The van der Waals surface area contributed by atoms with Crippen LogP contribution in [-0.2, 0) is 6.54 Å². The molecule has 1 aliphatic heterocycles. The fourth-order valence-corrected chi connectivity index (χ4v) is 3.14. The molecule has 4 rings (SSSR count). The molecule has 0 amide bonds. The van der Waals surface area contributed by atoms with Crippen LogP contribution in [0, 0.1) is 6.92 Å². The Kier molecular flexibility index (Phi) is 4.51. The lowest BCUT2D eigenvalue weighted by atomic mass is 10.2. The fraction of sp³-hybridized carbons (Fsp3) is 0.368. The summed E-state index contributed by atoms with van der Waals surface area (Å²) in [7, 11) is 2.00. The van der Waals surface area contributed by atoms with Gasteiger partial charge in [-0.1, -0.05) is 5.16 Å². The molecule has 0 aliphatic carbocycles. The highest BCUT2D eigenvalue weighted by Gasteiger charge is 2.17. The number of hydrogen-bond acceptors (Lipinski definition) is 7. The molecule has 1 aliphatic rings. The standard InChI is InChI=1S/C19H22N6O/c1-14-10-18(22-19(21-14)25-8-3-4-9-25)24(2)13-16-11-17(23-26-16)15-6-5-7-20-12-15/h5-7,10-12H,3-4,8-9,13H2,1-2H3. The third kappa shape index (κ3) is 3.51. The van der Waals surface area contributed by atoms with Crippen LogP contribution >= 0.6 is 0 Å². The average molecular weight is 350 g/mol. The number of hydrogen-bond donors (Lipinski definition) is 0. The van der Waals surface area contributed by atoms with Gasteiger partial charge in [0.25, 0.3) is 0 Å². The van der Waals surface area contributed by atoms with Crippen molar-refractivity contribution in [3.05, 3.63) is 48.1 Å². The van der Waals surface area contributed by atoms with Crippen molar-refractivity contribution in [1.82, 2.24) is 20.1 Å². The first-order chi connectivity index (χ1) is 12.7. The summed E-state index contributed by atoms with van der Waals surface area (Å²) in [6, 6.07) is 7.80. The predicted octanol–water partition coefficient (Wildman–Crippen LogP) is 3.07. The second-order valence-corrected chi connectivity index (χ2v) is 6.64. The maximum absolute atomic E-state index is 5.50. The van der Waals surface area contributed by atoms with Gasteiger partial charge in [-0.2, -0.15) is 4.98 Å². The molecule has 134 valence electrons. The van der Waals surface area contributed by atoms with Crippen molar-refractivity contribution in [2.75, 3.05) is 29.9 Å². The van der Waals surface area contributed by atoms with E-state index < -0.39 is 0 Å². The predicted molar refractivity (Wildman–Crippen MR) is 100 cm³/mol. The summed E-state index contributed by atoms with van der Waals surface area (Å²) in [5, 5.41) is 4.15. The molecule has 0 bridgehead atoms. The molecule has 0 atom stereocenters. The molecule has 0 unspecified atom stereocenters. The highest BCUT2D eigenvalue weighted by molar-refractivity contribution is 5.57. The molecule has 4 heterocycles. The lowest BCUT2D eigenvalue weighted by Gasteiger charge is -2.21.